The molecule has 1 aromatic heterocycles. The van der Waals surface area contributed by atoms with Crippen LogP contribution in [0.5, 0.6) is 5.75 Å². The van der Waals surface area contributed by atoms with E-state index in [1.807, 2.05) is 29.6 Å². The fourth-order valence-corrected chi connectivity index (χ4v) is 7.34. The Hall–Kier alpha value is -2.40. The van der Waals surface area contributed by atoms with Gasteiger partial charge in [0.25, 0.3) is 0 Å². The molecule has 1 aliphatic carbocycles. The van der Waals surface area contributed by atoms with E-state index in [1.54, 1.807) is 12.1 Å². The number of quaternary nitrogens is 1. The average Bonchev–Trinajstić information content (AvgIpc) is 3.62. The van der Waals surface area contributed by atoms with Crippen LogP contribution in [0.4, 0.5) is 0 Å². The van der Waals surface area contributed by atoms with Crippen LogP contribution in [0.25, 0.3) is 0 Å². The summed E-state index contributed by atoms with van der Waals surface area (Å²) in [6.45, 7) is 4.63. The maximum absolute atomic E-state index is 13.6. The Kier molecular flexibility index (Phi) is 7.15. The van der Waals surface area contributed by atoms with Gasteiger partial charge in [-0.3, -0.25) is 0 Å². The summed E-state index contributed by atoms with van der Waals surface area (Å²) in [5.74, 6) is 0.618. The van der Waals surface area contributed by atoms with E-state index >= 15 is 0 Å². The number of benzene rings is 1. The van der Waals surface area contributed by atoms with Crippen LogP contribution in [0.1, 0.15) is 55.4 Å². The lowest BCUT2D eigenvalue weighted by atomic mass is 9.82. The standard InChI is InChI=1S/C28H35N2O4S/c29-19-21-6-3-9-24(18-21)33-16-5-13-30-14-11-22(12-15-30)25(20-30)34-27(31)28(32,23-7-1-2-8-23)26-10-4-17-35-26/h3-4,6,9-10,17-18,22-23,25,32H,1-2,5,7-8,11-16,20H2/q+1/t22?,25-,28+,30?/m0/s1. The Labute approximate surface area is 211 Å². The summed E-state index contributed by atoms with van der Waals surface area (Å²) in [5.41, 5.74) is -0.917. The van der Waals surface area contributed by atoms with Crippen molar-refractivity contribution in [3.05, 3.63) is 52.2 Å². The molecule has 1 aromatic carbocycles. The van der Waals surface area contributed by atoms with E-state index in [1.165, 1.54) is 11.3 Å². The molecule has 3 saturated heterocycles. The van der Waals surface area contributed by atoms with Crippen molar-refractivity contribution in [2.24, 2.45) is 11.8 Å². The first-order valence-electron chi connectivity index (χ1n) is 13.0. The number of nitriles is 1. The van der Waals surface area contributed by atoms with Crippen LogP contribution in [0.3, 0.4) is 0 Å². The molecule has 0 spiro atoms. The van der Waals surface area contributed by atoms with Crippen LogP contribution in [0, 0.1) is 23.2 Å². The summed E-state index contributed by atoms with van der Waals surface area (Å²) in [5, 5.41) is 22.7. The van der Waals surface area contributed by atoms with Gasteiger partial charge in [0.1, 0.15) is 12.3 Å². The minimum absolute atomic E-state index is 0.0606. The third-order valence-corrected chi connectivity index (χ3v) is 9.46. The van der Waals surface area contributed by atoms with Crippen molar-refractivity contribution in [1.29, 1.82) is 5.26 Å². The van der Waals surface area contributed by atoms with Crippen molar-refractivity contribution in [1.82, 2.24) is 0 Å². The van der Waals surface area contributed by atoms with Crippen LogP contribution < -0.4 is 4.74 Å². The normalized spacial score (nSPS) is 27.8. The van der Waals surface area contributed by atoms with Gasteiger partial charge >= 0.3 is 5.97 Å². The molecule has 35 heavy (non-hydrogen) atoms. The van der Waals surface area contributed by atoms with Gasteiger partial charge in [-0.15, -0.1) is 11.3 Å². The molecule has 3 aliphatic heterocycles. The third-order valence-electron chi connectivity index (χ3n) is 8.46. The van der Waals surface area contributed by atoms with Crippen LogP contribution in [-0.2, 0) is 15.1 Å². The first kappa shape index (κ1) is 24.3. The highest BCUT2D eigenvalue weighted by molar-refractivity contribution is 7.10. The van der Waals surface area contributed by atoms with E-state index in [4.69, 9.17) is 14.7 Å². The number of fused-ring (bicyclic) bond motifs is 3. The topological polar surface area (TPSA) is 79.5 Å². The molecule has 1 saturated carbocycles. The minimum Gasteiger partial charge on any atom is -0.493 e. The largest absolute Gasteiger partial charge is 0.493 e. The number of rotatable bonds is 9. The smallest absolute Gasteiger partial charge is 0.344 e. The average molecular weight is 496 g/mol. The van der Waals surface area contributed by atoms with Gasteiger partial charge in [0.2, 0.25) is 0 Å². The van der Waals surface area contributed by atoms with Crippen molar-refractivity contribution in [2.45, 2.75) is 56.7 Å². The molecule has 6 rings (SSSR count). The number of ether oxygens (including phenoxy) is 2. The summed E-state index contributed by atoms with van der Waals surface area (Å²) in [6.07, 6.45) is 6.74. The first-order chi connectivity index (χ1) is 17.0. The van der Waals surface area contributed by atoms with Crippen molar-refractivity contribution >= 4 is 17.3 Å². The van der Waals surface area contributed by atoms with E-state index in [0.717, 1.165) is 86.2 Å². The minimum atomic E-state index is -1.52. The van der Waals surface area contributed by atoms with E-state index < -0.39 is 11.6 Å². The van der Waals surface area contributed by atoms with Crippen LogP contribution >= 0.6 is 11.3 Å². The first-order valence-corrected chi connectivity index (χ1v) is 13.9. The summed E-state index contributed by atoms with van der Waals surface area (Å²) in [6, 6.07) is 13.2. The number of piperidine rings is 3. The van der Waals surface area contributed by atoms with Gasteiger partial charge in [0, 0.05) is 36.0 Å². The zero-order chi connectivity index (χ0) is 24.3. The van der Waals surface area contributed by atoms with Crippen LogP contribution in [-0.4, -0.2) is 54.4 Å². The second-order valence-corrected chi connectivity index (χ2v) is 11.5. The number of aliphatic hydroxyl groups is 1. The molecule has 1 N–H and O–H groups in total. The van der Waals surface area contributed by atoms with E-state index in [2.05, 4.69) is 6.07 Å². The summed E-state index contributed by atoms with van der Waals surface area (Å²) in [4.78, 5) is 14.3. The molecule has 0 radical (unpaired) electrons. The molecular formula is C28H35N2O4S+. The number of hydrogen-bond acceptors (Lipinski definition) is 6. The maximum Gasteiger partial charge on any atom is 0.344 e. The summed E-state index contributed by atoms with van der Waals surface area (Å²) >= 11 is 1.45. The molecule has 4 aliphatic rings. The molecule has 0 unspecified atom stereocenters. The molecular weight excluding hydrogens is 460 g/mol. The fraction of sp³-hybridized carbons (Fsp3) is 0.571. The highest BCUT2D eigenvalue weighted by Gasteiger charge is 2.53. The Balaban J connectivity index is 1.20. The molecule has 4 heterocycles. The lowest BCUT2D eigenvalue weighted by Gasteiger charge is -2.52. The molecule has 4 fully saturated rings. The van der Waals surface area contributed by atoms with Crippen LogP contribution in [0.2, 0.25) is 0 Å². The van der Waals surface area contributed by atoms with Crippen molar-refractivity contribution < 1.29 is 23.9 Å². The fourth-order valence-electron chi connectivity index (χ4n) is 6.45. The van der Waals surface area contributed by atoms with Gasteiger partial charge in [-0.05, 0) is 42.5 Å². The van der Waals surface area contributed by atoms with Crippen molar-refractivity contribution in [3.63, 3.8) is 0 Å². The zero-order valence-electron chi connectivity index (χ0n) is 20.2. The van der Waals surface area contributed by atoms with Crippen molar-refractivity contribution in [2.75, 3.05) is 32.8 Å². The Morgan fingerprint density at radius 1 is 1.17 bits per heavy atom. The van der Waals surface area contributed by atoms with Gasteiger partial charge in [0.15, 0.2) is 11.7 Å². The van der Waals surface area contributed by atoms with Crippen molar-refractivity contribution in [3.8, 4) is 11.8 Å². The molecule has 186 valence electrons. The van der Waals surface area contributed by atoms with Gasteiger partial charge in [-0.25, -0.2) is 4.79 Å². The SMILES string of the molecule is N#Cc1cccc(OCCC[N+]23CCC(CC2)[C@@H](OC(=O)[C@](O)(c2cccs2)C2CCCC2)C3)c1. The zero-order valence-corrected chi connectivity index (χ0v) is 21.0. The highest BCUT2D eigenvalue weighted by Crippen LogP contribution is 2.44. The number of carbonyl (C=O) groups is 1. The second kappa shape index (κ2) is 10.3. The molecule has 2 atom stereocenters. The Morgan fingerprint density at radius 2 is 1.97 bits per heavy atom. The predicted octanol–water partition coefficient (Wildman–Crippen LogP) is 4.62. The Bertz CT molecular complexity index is 1050. The monoisotopic (exact) mass is 495 g/mol. The highest BCUT2D eigenvalue weighted by atomic mass is 32.1. The lowest BCUT2D eigenvalue weighted by Crippen LogP contribution is -2.65. The van der Waals surface area contributed by atoms with Gasteiger partial charge in [-0.1, -0.05) is 25.0 Å². The maximum atomic E-state index is 13.6. The number of hydrogen-bond donors (Lipinski definition) is 1. The van der Waals surface area contributed by atoms with Gasteiger partial charge < -0.3 is 19.1 Å². The molecule has 2 aromatic rings. The van der Waals surface area contributed by atoms with Crippen LogP contribution in [0.15, 0.2) is 41.8 Å². The number of carbonyl (C=O) groups excluding carboxylic acids is 1. The van der Waals surface area contributed by atoms with Gasteiger partial charge in [0.05, 0.1) is 37.9 Å². The summed E-state index contributed by atoms with van der Waals surface area (Å²) in [7, 11) is 0. The number of nitrogens with zero attached hydrogens (tertiary/aromatic N) is 2. The molecule has 0 amide bonds. The molecule has 7 heteroatoms. The van der Waals surface area contributed by atoms with E-state index in [-0.39, 0.29) is 12.0 Å². The molecule has 2 bridgehead atoms. The molecule has 6 nitrogen and oxygen atoms in total. The number of thiophene rings is 1. The second-order valence-electron chi connectivity index (χ2n) is 10.5. The van der Waals surface area contributed by atoms with E-state index in [0.29, 0.717) is 18.1 Å². The third kappa shape index (κ3) is 4.97. The summed E-state index contributed by atoms with van der Waals surface area (Å²) < 4.78 is 13.0. The quantitative estimate of drug-likeness (QED) is 0.312. The Morgan fingerprint density at radius 3 is 2.69 bits per heavy atom. The van der Waals surface area contributed by atoms with Gasteiger partial charge in [-0.2, -0.15) is 5.26 Å². The van der Waals surface area contributed by atoms with E-state index in [9.17, 15) is 9.90 Å². The predicted molar refractivity (Wildman–Crippen MR) is 134 cm³/mol. The lowest BCUT2D eigenvalue weighted by molar-refractivity contribution is -0.946. The number of esters is 1.